The van der Waals surface area contributed by atoms with Crippen LogP contribution >= 0.6 is 0 Å². The Balaban J connectivity index is 1.57. The van der Waals surface area contributed by atoms with Crippen molar-refractivity contribution in [2.24, 2.45) is 0 Å². The minimum Gasteiger partial charge on any atom is -0.207 e. The Morgan fingerprint density at radius 3 is 1.56 bits per heavy atom. The third-order valence-electron chi connectivity index (χ3n) is 6.35. The average Bonchev–Trinajstić information content (AvgIpc) is 2.82. The lowest BCUT2D eigenvalue weighted by atomic mass is 9.96. The summed E-state index contributed by atoms with van der Waals surface area (Å²) in [6, 6.07) is 11.1. The Labute approximate surface area is 218 Å². The van der Waals surface area contributed by atoms with E-state index < -0.39 is 58.6 Å². The summed E-state index contributed by atoms with van der Waals surface area (Å²) >= 11 is 0. The molecule has 0 N–H and O–H groups in total. The van der Waals surface area contributed by atoms with Crippen molar-refractivity contribution in [3.05, 3.63) is 118 Å². The van der Waals surface area contributed by atoms with Gasteiger partial charge in [-0.3, -0.25) is 0 Å². The van der Waals surface area contributed by atoms with Crippen molar-refractivity contribution in [3.8, 4) is 22.3 Å². The monoisotopic (exact) mass is 552 g/mol. The molecule has 0 radical (unpaired) electrons. The van der Waals surface area contributed by atoms with Crippen LogP contribution in [0, 0.1) is 34.9 Å². The minimum absolute atomic E-state index is 0.136. The highest BCUT2D eigenvalue weighted by Gasteiger charge is 2.37. The number of benzene rings is 4. The topological polar surface area (TPSA) is 0 Å². The average molecular weight is 552 g/mol. The standard InChI is InChI=1S/C30H21F9/c1-2-3-16-4-7-20(23(31)10-16)18-6-9-21(24(32)13-18)19-14-25(33)22(26(34)15-19)8-5-17-11-27(35)29(28(36)12-17)30(37,38)39/h4,6-7,9-15H,2-3,5,8H2,1H3. The highest BCUT2D eigenvalue weighted by molar-refractivity contribution is 5.72. The molecule has 0 bridgehead atoms. The third kappa shape index (κ3) is 6.13. The van der Waals surface area contributed by atoms with Crippen LogP contribution in [-0.2, 0) is 25.4 Å². The van der Waals surface area contributed by atoms with Crippen molar-refractivity contribution in [2.75, 3.05) is 0 Å². The second-order valence-electron chi connectivity index (χ2n) is 9.11. The van der Waals surface area contributed by atoms with E-state index in [0.717, 1.165) is 30.2 Å². The molecule has 0 aliphatic heterocycles. The van der Waals surface area contributed by atoms with Crippen molar-refractivity contribution < 1.29 is 39.5 Å². The molecule has 0 heterocycles. The van der Waals surface area contributed by atoms with Crippen molar-refractivity contribution in [2.45, 2.75) is 38.8 Å². The predicted octanol–water partition coefficient (Wildman–Crippen LogP) is 9.61. The van der Waals surface area contributed by atoms with Crippen LogP contribution in [0.2, 0.25) is 0 Å². The van der Waals surface area contributed by atoms with E-state index in [2.05, 4.69) is 0 Å². The number of rotatable bonds is 7. The highest BCUT2D eigenvalue weighted by atomic mass is 19.4. The minimum atomic E-state index is -5.23. The van der Waals surface area contributed by atoms with Gasteiger partial charge >= 0.3 is 6.18 Å². The molecule has 0 aliphatic carbocycles. The van der Waals surface area contributed by atoms with Gasteiger partial charge in [0, 0.05) is 16.7 Å². The molecule has 0 aromatic heterocycles. The molecular weight excluding hydrogens is 531 g/mol. The van der Waals surface area contributed by atoms with Crippen molar-refractivity contribution >= 4 is 0 Å². The van der Waals surface area contributed by atoms with Crippen LogP contribution in [0.1, 0.15) is 35.6 Å². The maximum Gasteiger partial charge on any atom is 0.422 e. The molecule has 0 saturated carbocycles. The molecule has 0 nitrogen and oxygen atoms in total. The van der Waals surface area contributed by atoms with Crippen LogP contribution in [0.15, 0.2) is 60.7 Å². The molecule has 9 heteroatoms. The van der Waals surface area contributed by atoms with Crippen molar-refractivity contribution in [1.29, 1.82) is 0 Å². The number of hydrogen-bond acceptors (Lipinski definition) is 0. The van der Waals surface area contributed by atoms with E-state index in [1.165, 1.54) is 24.3 Å². The second-order valence-corrected chi connectivity index (χ2v) is 9.11. The van der Waals surface area contributed by atoms with E-state index in [4.69, 9.17) is 0 Å². The molecule has 0 spiro atoms. The zero-order valence-corrected chi connectivity index (χ0v) is 20.5. The van der Waals surface area contributed by atoms with Crippen LogP contribution in [0.3, 0.4) is 0 Å². The van der Waals surface area contributed by atoms with E-state index in [1.807, 2.05) is 6.92 Å². The number of aryl methyl sites for hydroxylation is 2. The molecule has 0 unspecified atom stereocenters. The van der Waals surface area contributed by atoms with Gasteiger partial charge in [0.1, 0.15) is 40.5 Å². The molecule has 0 saturated heterocycles. The van der Waals surface area contributed by atoms with Gasteiger partial charge in [0.15, 0.2) is 0 Å². The van der Waals surface area contributed by atoms with Crippen LogP contribution < -0.4 is 0 Å². The SMILES string of the molecule is CCCc1ccc(-c2ccc(-c3cc(F)c(CCc4cc(F)c(C(F)(F)F)c(F)c4)c(F)c3)c(F)c2)c(F)c1. The lowest BCUT2D eigenvalue weighted by molar-refractivity contribution is -0.142. The molecule has 39 heavy (non-hydrogen) atoms. The lowest BCUT2D eigenvalue weighted by Crippen LogP contribution is -2.12. The maximum absolute atomic E-state index is 15.0. The quantitative estimate of drug-likeness (QED) is 0.200. The largest absolute Gasteiger partial charge is 0.422 e. The van der Waals surface area contributed by atoms with Gasteiger partial charge in [0.2, 0.25) is 0 Å². The van der Waals surface area contributed by atoms with Crippen LogP contribution in [0.25, 0.3) is 22.3 Å². The molecule has 204 valence electrons. The van der Waals surface area contributed by atoms with Crippen molar-refractivity contribution in [1.82, 2.24) is 0 Å². The summed E-state index contributed by atoms with van der Waals surface area (Å²) in [4.78, 5) is 0. The zero-order valence-electron chi connectivity index (χ0n) is 20.5. The van der Waals surface area contributed by atoms with Gasteiger partial charge in [-0.1, -0.05) is 37.6 Å². The fourth-order valence-electron chi connectivity index (χ4n) is 4.46. The summed E-state index contributed by atoms with van der Waals surface area (Å²) < 4.78 is 125. The Morgan fingerprint density at radius 2 is 1.03 bits per heavy atom. The molecule has 0 atom stereocenters. The van der Waals surface area contributed by atoms with E-state index in [1.54, 1.807) is 6.07 Å². The molecule has 0 amide bonds. The van der Waals surface area contributed by atoms with Gasteiger partial charge < -0.3 is 0 Å². The van der Waals surface area contributed by atoms with Gasteiger partial charge in [0.05, 0.1) is 0 Å². The Bertz CT molecular complexity index is 1470. The van der Waals surface area contributed by atoms with Crippen LogP contribution in [0.5, 0.6) is 0 Å². The first-order valence-electron chi connectivity index (χ1n) is 12.0. The number of hydrogen-bond donors (Lipinski definition) is 0. The fraction of sp³-hybridized carbons (Fsp3) is 0.200. The molecule has 4 rings (SSSR count). The zero-order chi connectivity index (χ0) is 28.5. The van der Waals surface area contributed by atoms with Gasteiger partial charge in [-0.15, -0.1) is 0 Å². The molecule has 0 aliphatic rings. The van der Waals surface area contributed by atoms with Crippen LogP contribution in [-0.4, -0.2) is 0 Å². The summed E-state index contributed by atoms with van der Waals surface area (Å²) in [6.45, 7) is 1.96. The molecule has 4 aromatic rings. The summed E-state index contributed by atoms with van der Waals surface area (Å²) in [6.07, 6.45) is -4.49. The smallest absolute Gasteiger partial charge is 0.207 e. The molecular formula is C30H21F9. The second kappa shape index (κ2) is 11.2. The van der Waals surface area contributed by atoms with Gasteiger partial charge in [-0.25, -0.2) is 26.3 Å². The maximum atomic E-state index is 15.0. The fourth-order valence-corrected chi connectivity index (χ4v) is 4.46. The Hall–Kier alpha value is -3.75. The van der Waals surface area contributed by atoms with E-state index in [0.29, 0.717) is 18.6 Å². The highest BCUT2D eigenvalue weighted by Crippen LogP contribution is 2.35. The number of alkyl halides is 3. The summed E-state index contributed by atoms with van der Waals surface area (Å²) in [5.41, 5.74) is -1.81. The van der Waals surface area contributed by atoms with Gasteiger partial charge in [-0.05, 0) is 77.9 Å². The summed E-state index contributed by atoms with van der Waals surface area (Å²) in [5, 5.41) is 0. The number of halogens is 9. The van der Waals surface area contributed by atoms with E-state index in [-0.39, 0.29) is 34.2 Å². The molecule has 4 aromatic carbocycles. The van der Waals surface area contributed by atoms with Gasteiger partial charge in [-0.2, -0.15) is 13.2 Å². The first-order chi connectivity index (χ1) is 18.4. The van der Waals surface area contributed by atoms with Crippen molar-refractivity contribution in [3.63, 3.8) is 0 Å². The van der Waals surface area contributed by atoms with Crippen LogP contribution in [0.4, 0.5) is 39.5 Å². The van der Waals surface area contributed by atoms with Gasteiger partial charge in [0.25, 0.3) is 0 Å². The summed E-state index contributed by atoms with van der Waals surface area (Å²) in [5.74, 6) is -7.17. The predicted molar refractivity (Wildman–Crippen MR) is 130 cm³/mol. The van der Waals surface area contributed by atoms with E-state index >= 15 is 0 Å². The molecule has 0 fully saturated rings. The summed E-state index contributed by atoms with van der Waals surface area (Å²) in [7, 11) is 0. The Morgan fingerprint density at radius 1 is 0.513 bits per heavy atom. The van der Waals surface area contributed by atoms with E-state index in [9.17, 15) is 39.5 Å². The normalized spacial score (nSPS) is 11.7. The lowest BCUT2D eigenvalue weighted by Gasteiger charge is -2.13. The Kier molecular flexibility index (Phi) is 8.09. The first kappa shape index (κ1) is 28.3. The third-order valence-corrected chi connectivity index (χ3v) is 6.35. The first-order valence-corrected chi connectivity index (χ1v) is 12.0.